The number of carbonyl (C=O) groups is 1. The third kappa shape index (κ3) is 19.8. The molecule has 0 spiro atoms. The highest BCUT2D eigenvalue weighted by molar-refractivity contribution is 5.95. The summed E-state index contributed by atoms with van der Waals surface area (Å²) in [6.07, 6.45) is 15.2. The average molecular weight is 616 g/mol. The largest absolute Gasteiger partial charge is 0.405 e. The summed E-state index contributed by atoms with van der Waals surface area (Å²) in [4.78, 5) is 17.6. The van der Waals surface area contributed by atoms with Gasteiger partial charge in [-0.05, 0) is 133 Å². The summed E-state index contributed by atoms with van der Waals surface area (Å²) in [7, 11) is 2.12. The van der Waals surface area contributed by atoms with E-state index in [1.807, 2.05) is 37.3 Å². The molecule has 2 aromatic carbocycles. The zero-order valence-corrected chi connectivity index (χ0v) is 29.1. The molecule has 0 unspecified atom stereocenters. The Hall–Kier alpha value is -3.99. The molecule has 6 heteroatoms. The van der Waals surface area contributed by atoms with E-state index in [1.165, 1.54) is 28.6 Å². The van der Waals surface area contributed by atoms with E-state index >= 15 is 0 Å². The zero-order chi connectivity index (χ0) is 33.9. The molecule has 0 heterocycles. The van der Waals surface area contributed by atoms with Crippen LogP contribution in [0.1, 0.15) is 79.9 Å². The molecule has 0 aromatic heterocycles. The van der Waals surface area contributed by atoms with E-state index < -0.39 is 0 Å². The number of nitrogens with one attached hydrogen (secondary N) is 1. The van der Waals surface area contributed by atoms with Gasteiger partial charge in [0.15, 0.2) is 0 Å². The van der Waals surface area contributed by atoms with E-state index in [9.17, 15) is 4.79 Å². The number of nitrogens with zero attached hydrogens (tertiary/aromatic N) is 2. The molecule has 2 rings (SSSR count). The van der Waals surface area contributed by atoms with Crippen molar-refractivity contribution in [3.8, 4) is 0 Å². The maximum Gasteiger partial charge on any atom is 0.251 e. The fourth-order valence-corrected chi connectivity index (χ4v) is 4.50. The van der Waals surface area contributed by atoms with Crippen LogP contribution >= 0.6 is 0 Å². The van der Waals surface area contributed by atoms with Crippen molar-refractivity contribution in [1.82, 2.24) is 10.2 Å². The summed E-state index contributed by atoms with van der Waals surface area (Å²) in [6, 6.07) is 14.5. The van der Waals surface area contributed by atoms with E-state index in [-0.39, 0.29) is 5.91 Å². The van der Waals surface area contributed by atoms with Gasteiger partial charge in [-0.2, -0.15) is 0 Å². The van der Waals surface area contributed by atoms with Crippen LogP contribution in [0.2, 0.25) is 0 Å². The van der Waals surface area contributed by atoms with Crippen LogP contribution in [0.15, 0.2) is 97.6 Å². The zero-order valence-electron chi connectivity index (χ0n) is 29.1. The third-order valence-corrected chi connectivity index (χ3v) is 6.96. The Bertz CT molecular complexity index is 1180. The molecule has 0 aliphatic carbocycles. The number of carbonyl (C=O) groups excluding carboxylic acids is 1. The number of hydrogen-bond acceptors (Lipinski definition) is 5. The first-order valence-electron chi connectivity index (χ1n) is 16.3. The first-order chi connectivity index (χ1) is 21.6. The van der Waals surface area contributed by atoms with Crippen molar-refractivity contribution in [3.63, 3.8) is 0 Å². The van der Waals surface area contributed by atoms with Gasteiger partial charge in [0, 0.05) is 36.6 Å². The van der Waals surface area contributed by atoms with Crippen LogP contribution in [0.5, 0.6) is 0 Å². The minimum absolute atomic E-state index is 0.00853. The summed E-state index contributed by atoms with van der Waals surface area (Å²) in [5.74, 6) is -0.00853. The molecular formula is C39H61N5O. The van der Waals surface area contributed by atoms with Gasteiger partial charge in [-0.3, -0.25) is 4.79 Å². The van der Waals surface area contributed by atoms with Crippen LogP contribution in [-0.4, -0.2) is 50.6 Å². The maximum absolute atomic E-state index is 12.8. The Kier molecular flexibility index (Phi) is 24.1. The Morgan fingerprint density at radius 2 is 1.60 bits per heavy atom. The highest BCUT2D eigenvalue weighted by Crippen LogP contribution is 2.24. The Labute approximate surface area is 275 Å². The van der Waals surface area contributed by atoms with E-state index in [1.54, 1.807) is 0 Å². The smallest absolute Gasteiger partial charge is 0.251 e. The quantitative estimate of drug-likeness (QED) is 0.0959. The molecule has 5 N–H and O–H groups in total. The predicted octanol–water partition coefficient (Wildman–Crippen LogP) is 7.84. The number of amides is 1. The molecule has 0 saturated heterocycles. The number of aryl methyl sites for hydroxylation is 2. The van der Waals surface area contributed by atoms with Crippen LogP contribution in [0.25, 0.3) is 0 Å². The van der Waals surface area contributed by atoms with Crippen molar-refractivity contribution in [3.05, 3.63) is 120 Å². The van der Waals surface area contributed by atoms with Crippen LogP contribution in [0, 0.1) is 13.8 Å². The molecule has 0 atom stereocenters. The fraction of sp³-hybridized carbons (Fsp3) is 0.436. The number of unbranched alkanes of at least 4 members (excludes halogenated alkanes) is 1. The molecule has 0 radical (unpaired) electrons. The Morgan fingerprint density at radius 3 is 2.13 bits per heavy atom. The standard InChI is InChI=1S/C29H46N4O.C8H10.C2H5N/c1-6-9-10-13-22-32(5)23-14-19-31-29(34)27-17-18-28(33(20-7-2)21-8-3)26(24-27)16-12-11-15-25(4)30;1-7-5-3-4-6-8(7)2;1-2-3/h9,11-12,15,17-18,24H,1,7-8,10,13-14,16,19-23,30H2,2-5H3,(H,31,34);3-6H,1-2H3;2H,1,3H2/b12-11-,25-15-;;. The van der Waals surface area contributed by atoms with Crippen LogP contribution < -0.4 is 21.7 Å². The summed E-state index contributed by atoms with van der Waals surface area (Å²) in [5, 5.41) is 3.09. The lowest BCUT2D eigenvalue weighted by Crippen LogP contribution is -2.29. The van der Waals surface area contributed by atoms with Crippen molar-refractivity contribution in [2.24, 2.45) is 11.5 Å². The molecule has 0 aliphatic rings. The average Bonchev–Trinajstić information content (AvgIpc) is 3.01. The van der Waals surface area contributed by atoms with E-state index in [0.29, 0.717) is 6.54 Å². The van der Waals surface area contributed by atoms with Crippen LogP contribution in [-0.2, 0) is 6.42 Å². The van der Waals surface area contributed by atoms with Crippen LogP contribution in [0.3, 0.4) is 0 Å². The lowest BCUT2D eigenvalue weighted by Gasteiger charge is -2.26. The summed E-state index contributed by atoms with van der Waals surface area (Å²) in [5.41, 5.74) is 19.8. The highest BCUT2D eigenvalue weighted by atomic mass is 16.1. The molecule has 45 heavy (non-hydrogen) atoms. The fourth-order valence-electron chi connectivity index (χ4n) is 4.50. The molecule has 0 aliphatic heterocycles. The van der Waals surface area contributed by atoms with Crippen LogP contribution in [0.4, 0.5) is 5.69 Å². The second-order valence-corrected chi connectivity index (χ2v) is 11.2. The van der Waals surface area contributed by atoms with Crippen molar-refractivity contribution in [2.75, 3.05) is 44.7 Å². The second-order valence-electron chi connectivity index (χ2n) is 11.2. The van der Waals surface area contributed by atoms with Gasteiger partial charge in [-0.25, -0.2) is 0 Å². The summed E-state index contributed by atoms with van der Waals surface area (Å²) < 4.78 is 0. The van der Waals surface area contributed by atoms with Gasteiger partial charge in [-0.15, -0.1) is 5.73 Å². The van der Waals surface area contributed by atoms with Gasteiger partial charge in [0.2, 0.25) is 0 Å². The number of rotatable bonds is 17. The molecule has 2 aromatic rings. The number of benzene rings is 2. The third-order valence-electron chi connectivity index (χ3n) is 6.96. The molecule has 0 fully saturated rings. The van der Waals surface area contributed by atoms with E-state index in [0.717, 1.165) is 76.0 Å². The molecule has 0 bridgehead atoms. The first-order valence-corrected chi connectivity index (χ1v) is 16.3. The molecule has 1 amide bonds. The van der Waals surface area contributed by atoms with E-state index in [2.05, 4.69) is 111 Å². The maximum atomic E-state index is 12.8. The molecule has 6 nitrogen and oxygen atoms in total. The van der Waals surface area contributed by atoms with Crippen molar-refractivity contribution >= 4 is 11.6 Å². The second kappa shape index (κ2) is 26.4. The topological polar surface area (TPSA) is 87.6 Å². The molecule has 0 saturated carbocycles. The van der Waals surface area contributed by atoms with Crippen molar-refractivity contribution < 1.29 is 4.79 Å². The number of allylic oxidation sites excluding steroid dienone is 5. The SMILES string of the molecule is C=C=CCCCN(C)CCCNC(=O)c1ccc(N(CCC)CCC)c(C/C=C\C=C(\C)N)c1.C=CN.Cc1ccccc1C. The number of nitrogens with two attached hydrogens (primary N) is 2. The van der Waals surface area contributed by atoms with E-state index in [4.69, 9.17) is 5.73 Å². The summed E-state index contributed by atoms with van der Waals surface area (Å²) in [6.45, 7) is 21.9. The number of anilines is 1. The summed E-state index contributed by atoms with van der Waals surface area (Å²) >= 11 is 0. The van der Waals surface area contributed by atoms with Gasteiger partial charge < -0.3 is 26.6 Å². The monoisotopic (exact) mass is 615 g/mol. The minimum Gasteiger partial charge on any atom is -0.405 e. The normalized spacial score (nSPS) is 10.7. The lowest BCUT2D eigenvalue weighted by molar-refractivity contribution is 0.0952. The van der Waals surface area contributed by atoms with Gasteiger partial charge in [-0.1, -0.05) is 63.4 Å². The van der Waals surface area contributed by atoms with Gasteiger partial charge in [0.1, 0.15) is 0 Å². The molecular weight excluding hydrogens is 554 g/mol. The number of hydrogen-bond donors (Lipinski definition) is 3. The van der Waals surface area contributed by atoms with Gasteiger partial charge >= 0.3 is 0 Å². The van der Waals surface area contributed by atoms with Gasteiger partial charge in [0.25, 0.3) is 5.91 Å². The first kappa shape index (κ1) is 41.0. The Balaban J connectivity index is 0.00000148. The predicted molar refractivity (Wildman–Crippen MR) is 198 cm³/mol. The lowest BCUT2D eigenvalue weighted by atomic mass is 10.0. The van der Waals surface area contributed by atoms with Gasteiger partial charge in [0.05, 0.1) is 0 Å². The van der Waals surface area contributed by atoms with Crippen molar-refractivity contribution in [2.45, 2.75) is 73.1 Å². The Morgan fingerprint density at radius 1 is 1.00 bits per heavy atom. The minimum atomic E-state index is -0.00853. The molecule has 248 valence electrons. The van der Waals surface area contributed by atoms with Crippen molar-refractivity contribution in [1.29, 1.82) is 0 Å². The highest BCUT2D eigenvalue weighted by Gasteiger charge is 2.13.